The fourth-order valence-electron chi connectivity index (χ4n) is 2.95. The summed E-state index contributed by atoms with van der Waals surface area (Å²) >= 11 is 0. The van der Waals surface area contributed by atoms with Crippen molar-refractivity contribution in [3.63, 3.8) is 0 Å². The second-order valence-corrected chi connectivity index (χ2v) is 10.3. The van der Waals surface area contributed by atoms with Crippen LogP contribution in [0, 0.1) is 20.8 Å². The zero-order valence-corrected chi connectivity index (χ0v) is 15.2. The fourth-order valence-corrected chi connectivity index (χ4v) is 4.65. The molecule has 0 N–H and O–H groups in total. The van der Waals surface area contributed by atoms with Crippen LogP contribution in [-0.2, 0) is 16.3 Å². The Morgan fingerprint density at radius 3 is 1.95 bits per heavy atom. The van der Waals surface area contributed by atoms with E-state index in [1.54, 1.807) is 20.8 Å². The van der Waals surface area contributed by atoms with Gasteiger partial charge >= 0.3 is 0 Å². The molecule has 0 radical (unpaired) electrons. The highest BCUT2D eigenvalue weighted by atomic mass is 32.2. The Balaban J connectivity index is 0.00000242. The first-order valence-corrected chi connectivity index (χ1v) is 8.84. The maximum Gasteiger partial charge on any atom is 0.183 e. The molecule has 0 aliphatic carbocycles. The molecule has 1 aromatic carbocycles. The molecule has 0 fully saturated rings. The molecule has 1 aromatic rings. The molecule has 0 aromatic heterocycles. The van der Waals surface area contributed by atoms with Crippen LogP contribution in [-0.4, -0.2) is 18.8 Å². The van der Waals surface area contributed by atoms with Crippen LogP contribution in [0.4, 0.5) is 0 Å². The zero-order chi connectivity index (χ0) is 16.4. The molecule has 1 aliphatic rings. The van der Waals surface area contributed by atoms with Crippen LogP contribution in [0.25, 0.3) is 0 Å². The summed E-state index contributed by atoms with van der Waals surface area (Å²) in [4.78, 5) is 0.493. The van der Waals surface area contributed by atoms with E-state index in [1.807, 2.05) is 34.6 Å². The molecule has 4 heteroatoms. The average Bonchev–Trinajstić information content (AvgIpc) is 2.61. The summed E-state index contributed by atoms with van der Waals surface area (Å²) in [5.74, 6) is 0.878. The predicted molar refractivity (Wildman–Crippen MR) is 92.7 cm³/mol. The van der Waals surface area contributed by atoms with E-state index in [9.17, 15) is 8.42 Å². The van der Waals surface area contributed by atoms with Gasteiger partial charge in [-0.2, -0.15) is 0 Å². The van der Waals surface area contributed by atoms with Gasteiger partial charge in [-0.15, -0.1) is 0 Å². The summed E-state index contributed by atoms with van der Waals surface area (Å²) in [5, 5.41) is 0. The third-order valence-electron chi connectivity index (χ3n) is 4.37. The van der Waals surface area contributed by atoms with Gasteiger partial charge in [0, 0.05) is 12.0 Å². The molecule has 3 nitrogen and oxygen atoms in total. The Morgan fingerprint density at radius 2 is 1.50 bits per heavy atom. The number of ether oxygens (including phenoxy) is 1. The van der Waals surface area contributed by atoms with E-state index in [0.29, 0.717) is 4.90 Å². The number of hydrogen-bond donors (Lipinski definition) is 0. The second-order valence-electron chi connectivity index (χ2n) is 7.67. The lowest BCUT2D eigenvalue weighted by Crippen LogP contribution is -2.29. The van der Waals surface area contributed by atoms with E-state index in [-0.39, 0.29) is 13.0 Å². The highest BCUT2D eigenvalue weighted by Crippen LogP contribution is 2.45. The fraction of sp³-hybridized carbons (Fsp3) is 0.667. The molecule has 22 heavy (non-hydrogen) atoms. The largest absolute Gasteiger partial charge is 0.487 e. The Bertz CT molecular complexity index is 705. The number of fused-ring (bicyclic) bond motifs is 1. The maximum absolute atomic E-state index is 13.0. The first-order valence-electron chi connectivity index (χ1n) is 7.36. The summed E-state index contributed by atoms with van der Waals surface area (Å²) in [5.41, 5.74) is 3.40. The first kappa shape index (κ1) is 19.0. The van der Waals surface area contributed by atoms with Gasteiger partial charge in [-0.3, -0.25) is 0 Å². The van der Waals surface area contributed by atoms with Crippen molar-refractivity contribution >= 4 is 9.84 Å². The van der Waals surface area contributed by atoms with E-state index >= 15 is 0 Å². The highest BCUT2D eigenvalue weighted by Gasteiger charge is 2.39. The van der Waals surface area contributed by atoms with E-state index in [2.05, 4.69) is 0 Å². The molecule has 0 saturated heterocycles. The molecular formula is C18H30O3S. The topological polar surface area (TPSA) is 43.4 Å². The quantitative estimate of drug-likeness (QED) is 0.761. The van der Waals surface area contributed by atoms with Crippen molar-refractivity contribution < 1.29 is 13.2 Å². The normalized spacial score (nSPS) is 16.7. The minimum atomic E-state index is -3.37. The Kier molecular flexibility index (Phi) is 4.55. The van der Waals surface area contributed by atoms with Gasteiger partial charge in [0.2, 0.25) is 0 Å². The van der Waals surface area contributed by atoms with Gasteiger partial charge in [-0.1, -0.05) is 7.43 Å². The Hall–Kier alpha value is -1.03. The molecule has 126 valence electrons. The predicted octanol–water partition coefficient (Wildman–Crippen LogP) is 4.53. The lowest BCUT2D eigenvalue weighted by molar-refractivity contribution is 0.137. The smallest absolute Gasteiger partial charge is 0.183 e. The molecule has 0 amide bonds. The van der Waals surface area contributed by atoms with Crippen LogP contribution in [0.5, 0.6) is 5.75 Å². The molecule has 2 rings (SSSR count). The molecule has 0 unspecified atom stereocenters. The molecule has 0 saturated carbocycles. The third kappa shape index (κ3) is 2.66. The van der Waals surface area contributed by atoms with Crippen molar-refractivity contribution in [3.05, 3.63) is 22.3 Å². The molecule has 1 aliphatic heterocycles. The zero-order valence-electron chi connectivity index (χ0n) is 14.3. The van der Waals surface area contributed by atoms with Crippen LogP contribution >= 0.6 is 0 Å². The molecule has 0 atom stereocenters. The first-order chi connectivity index (χ1) is 9.29. The maximum atomic E-state index is 13.0. The van der Waals surface area contributed by atoms with Crippen molar-refractivity contribution in [1.82, 2.24) is 0 Å². The van der Waals surface area contributed by atoms with Crippen LogP contribution < -0.4 is 4.74 Å². The standard InChI is InChI=1S/C17H26O3S.CH4/c1-10-11(2)15(21(18,19)16(4,5)6)12(3)13-9-17(7,8)20-14(10)13;/h9H2,1-8H3;1H4. The summed E-state index contributed by atoms with van der Waals surface area (Å²) in [6, 6.07) is 0. The van der Waals surface area contributed by atoms with Gasteiger partial charge in [-0.25, -0.2) is 8.42 Å². The van der Waals surface area contributed by atoms with E-state index in [4.69, 9.17) is 4.74 Å². The molecule has 0 spiro atoms. The van der Waals surface area contributed by atoms with Gasteiger partial charge in [0.1, 0.15) is 11.4 Å². The van der Waals surface area contributed by atoms with E-state index in [0.717, 1.165) is 34.4 Å². The van der Waals surface area contributed by atoms with Crippen LogP contribution in [0.3, 0.4) is 0 Å². The van der Waals surface area contributed by atoms with Crippen molar-refractivity contribution in [1.29, 1.82) is 0 Å². The average molecular weight is 327 g/mol. The highest BCUT2D eigenvalue weighted by molar-refractivity contribution is 7.92. The number of sulfone groups is 1. The number of rotatable bonds is 1. The number of hydrogen-bond acceptors (Lipinski definition) is 3. The lowest BCUT2D eigenvalue weighted by Gasteiger charge is -2.24. The van der Waals surface area contributed by atoms with E-state index < -0.39 is 14.6 Å². The van der Waals surface area contributed by atoms with Crippen molar-refractivity contribution in [3.8, 4) is 5.75 Å². The van der Waals surface area contributed by atoms with Gasteiger partial charge in [-0.05, 0) is 72.1 Å². The van der Waals surface area contributed by atoms with Gasteiger partial charge in [0.15, 0.2) is 9.84 Å². The Labute approximate surface area is 136 Å². The van der Waals surface area contributed by atoms with Crippen LogP contribution in [0.1, 0.15) is 64.3 Å². The second kappa shape index (κ2) is 5.26. The number of benzene rings is 1. The molecular weight excluding hydrogens is 296 g/mol. The summed E-state index contributed by atoms with van der Waals surface area (Å²) in [7, 11) is -3.37. The van der Waals surface area contributed by atoms with Crippen molar-refractivity contribution in [2.45, 2.75) is 84.5 Å². The van der Waals surface area contributed by atoms with E-state index in [1.165, 1.54) is 0 Å². The lowest BCUT2D eigenvalue weighted by atomic mass is 9.94. The summed E-state index contributed by atoms with van der Waals surface area (Å²) < 4.78 is 31.2. The Morgan fingerprint density at radius 1 is 1.00 bits per heavy atom. The molecule has 1 heterocycles. The SMILES string of the molecule is C.Cc1c(C)c(S(=O)(=O)C(C)(C)C)c(C)c2c1OC(C)(C)C2. The third-order valence-corrected chi connectivity index (χ3v) is 7.13. The van der Waals surface area contributed by atoms with Crippen molar-refractivity contribution in [2.24, 2.45) is 0 Å². The monoisotopic (exact) mass is 326 g/mol. The summed E-state index contributed by atoms with van der Waals surface area (Å²) in [6.45, 7) is 15.1. The van der Waals surface area contributed by atoms with Gasteiger partial charge in [0.05, 0.1) is 9.64 Å². The van der Waals surface area contributed by atoms with Gasteiger partial charge < -0.3 is 4.74 Å². The van der Waals surface area contributed by atoms with Crippen LogP contribution in [0.2, 0.25) is 0 Å². The van der Waals surface area contributed by atoms with Gasteiger partial charge in [0.25, 0.3) is 0 Å². The summed E-state index contributed by atoms with van der Waals surface area (Å²) in [6.07, 6.45) is 0.752. The van der Waals surface area contributed by atoms with Crippen molar-refractivity contribution in [2.75, 3.05) is 0 Å². The molecule has 0 bridgehead atoms. The minimum Gasteiger partial charge on any atom is -0.487 e. The van der Waals surface area contributed by atoms with Crippen LogP contribution in [0.15, 0.2) is 4.90 Å². The minimum absolute atomic E-state index is 0.